The Morgan fingerprint density at radius 3 is 2.68 bits per heavy atom. The molecule has 1 heterocycles. The van der Waals surface area contributed by atoms with Crippen LogP contribution in [0.5, 0.6) is 0 Å². The lowest BCUT2D eigenvalue weighted by atomic mass is 9.93. The van der Waals surface area contributed by atoms with Crippen LogP contribution in [0.15, 0.2) is 12.1 Å². The van der Waals surface area contributed by atoms with Crippen LogP contribution in [0.2, 0.25) is 4.34 Å². The van der Waals surface area contributed by atoms with Crippen molar-refractivity contribution in [3.8, 4) is 0 Å². The maximum atomic E-state index is 11.9. The fraction of sp³-hybridized carbons (Fsp3) is 0.615. The maximum Gasteiger partial charge on any atom is 0.315 e. The molecule has 0 saturated heterocycles. The van der Waals surface area contributed by atoms with Gasteiger partial charge in [0.15, 0.2) is 0 Å². The van der Waals surface area contributed by atoms with Crippen molar-refractivity contribution >= 4 is 29.0 Å². The Bertz CT molecular complexity index is 430. The lowest BCUT2D eigenvalue weighted by Crippen LogP contribution is -2.44. The van der Waals surface area contributed by atoms with E-state index in [1.54, 1.807) is 0 Å². The van der Waals surface area contributed by atoms with E-state index in [0.29, 0.717) is 0 Å². The molecule has 0 radical (unpaired) electrons. The molecule has 1 unspecified atom stereocenters. The first kappa shape index (κ1) is 14.6. The van der Waals surface area contributed by atoms with Crippen LogP contribution in [0, 0.1) is 0 Å². The number of aliphatic hydroxyl groups excluding tert-OH is 1. The molecule has 1 fully saturated rings. The average molecular weight is 303 g/mol. The summed E-state index contributed by atoms with van der Waals surface area (Å²) in [6.07, 6.45) is 3.01. The van der Waals surface area contributed by atoms with Crippen molar-refractivity contribution in [2.24, 2.45) is 0 Å². The second-order valence-electron chi connectivity index (χ2n) is 4.99. The number of nitrogens with one attached hydrogen (secondary N) is 2. The van der Waals surface area contributed by atoms with Gasteiger partial charge in [-0.1, -0.05) is 11.6 Å². The molecule has 0 spiro atoms. The van der Waals surface area contributed by atoms with Crippen LogP contribution in [0.3, 0.4) is 0 Å². The zero-order valence-corrected chi connectivity index (χ0v) is 12.4. The van der Waals surface area contributed by atoms with Crippen molar-refractivity contribution in [1.29, 1.82) is 0 Å². The molecule has 1 saturated carbocycles. The Morgan fingerprint density at radius 2 is 2.11 bits per heavy atom. The van der Waals surface area contributed by atoms with E-state index in [-0.39, 0.29) is 24.2 Å². The highest BCUT2D eigenvalue weighted by Crippen LogP contribution is 2.26. The van der Waals surface area contributed by atoms with E-state index in [2.05, 4.69) is 10.6 Å². The van der Waals surface area contributed by atoms with Crippen LogP contribution >= 0.6 is 22.9 Å². The Morgan fingerprint density at radius 1 is 1.42 bits per heavy atom. The van der Waals surface area contributed by atoms with E-state index in [1.807, 2.05) is 19.1 Å². The quantitative estimate of drug-likeness (QED) is 0.803. The molecule has 2 amide bonds. The summed E-state index contributed by atoms with van der Waals surface area (Å²) < 4.78 is 0.727. The van der Waals surface area contributed by atoms with Crippen molar-refractivity contribution in [1.82, 2.24) is 10.6 Å². The van der Waals surface area contributed by atoms with Gasteiger partial charge in [0.2, 0.25) is 0 Å². The third-order valence-electron chi connectivity index (χ3n) is 3.40. The van der Waals surface area contributed by atoms with Gasteiger partial charge in [0, 0.05) is 10.9 Å². The molecule has 1 aliphatic carbocycles. The Hall–Kier alpha value is -0.780. The van der Waals surface area contributed by atoms with Crippen LogP contribution in [0.25, 0.3) is 0 Å². The summed E-state index contributed by atoms with van der Waals surface area (Å²) in [6, 6.07) is 3.72. The van der Waals surface area contributed by atoms with E-state index >= 15 is 0 Å². The van der Waals surface area contributed by atoms with Gasteiger partial charge in [0.25, 0.3) is 0 Å². The van der Waals surface area contributed by atoms with Crippen LogP contribution in [0.1, 0.15) is 43.5 Å². The SMILES string of the molecule is CC(NC(=O)NC1CCC(O)CC1)c1ccc(Cl)s1. The second kappa shape index (κ2) is 6.59. The highest BCUT2D eigenvalue weighted by Gasteiger charge is 2.21. The number of aliphatic hydroxyl groups is 1. The highest BCUT2D eigenvalue weighted by molar-refractivity contribution is 7.16. The molecule has 3 N–H and O–H groups in total. The first-order valence-corrected chi connectivity index (χ1v) is 7.74. The largest absolute Gasteiger partial charge is 0.393 e. The molecule has 4 nitrogen and oxygen atoms in total. The van der Waals surface area contributed by atoms with Gasteiger partial charge in [-0.15, -0.1) is 11.3 Å². The van der Waals surface area contributed by atoms with Gasteiger partial charge >= 0.3 is 6.03 Å². The molecule has 0 bridgehead atoms. The molecule has 6 heteroatoms. The zero-order valence-electron chi connectivity index (χ0n) is 10.9. The minimum Gasteiger partial charge on any atom is -0.393 e. The average Bonchev–Trinajstić information content (AvgIpc) is 2.79. The normalized spacial score (nSPS) is 24.8. The van der Waals surface area contributed by atoms with E-state index in [9.17, 15) is 9.90 Å². The topological polar surface area (TPSA) is 61.4 Å². The summed E-state index contributed by atoms with van der Waals surface area (Å²) in [5.74, 6) is 0. The van der Waals surface area contributed by atoms with E-state index in [0.717, 1.165) is 34.9 Å². The predicted octanol–water partition coefficient (Wildman–Crippen LogP) is 3.07. The standard InChI is InChI=1S/C13H19ClN2O2S/c1-8(11-6-7-12(14)19-11)15-13(18)16-9-2-4-10(17)5-3-9/h6-10,17H,2-5H2,1H3,(H2,15,16,18). The van der Waals surface area contributed by atoms with E-state index in [4.69, 9.17) is 11.6 Å². The summed E-state index contributed by atoms with van der Waals surface area (Å²) in [6.45, 7) is 1.94. The number of thiophene rings is 1. The number of amides is 2. The van der Waals surface area contributed by atoms with Gasteiger partial charge in [0.1, 0.15) is 0 Å². The maximum absolute atomic E-state index is 11.9. The van der Waals surface area contributed by atoms with Crippen molar-refractivity contribution < 1.29 is 9.90 Å². The molecule has 19 heavy (non-hydrogen) atoms. The number of hydrogen-bond acceptors (Lipinski definition) is 3. The van der Waals surface area contributed by atoms with E-state index < -0.39 is 0 Å². The number of urea groups is 1. The second-order valence-corrected chi connectivity index (χ2v) is 6.73. The highest BCUT2D eigenvalue weighted by atomic mass is 35.5. The van der Waals surface area contributed by atoms with Crippen molar-refractivity contribution in [3.63, 3.8) is 0 Å². The van der Waals surface area contributed by atoms with Crippen LogP contribution in [0.4, 0.5) is 4.79 Å². The van der Waals surface area contributed by atoms with Crippen LogP contribution in [-0.2, 0) is 0 Å². The van der Waals surface area contributed by atoms with Gasteiger partial charge in [-0.05, 0) is 44.7 Å². The number of carbonyl (C=O) groups excluding carboxylic acids is 1. The van der Waals surface area contributed by atoms with Crippen LogP contribution < -0.4 is 10.6 Å². The number of hydrogen-bond donors (Lipinski definition) is 3. The van der Waals surface area contributed by atoms with Gasteiger partial charge in [-0.25, -0.2) is 4.79 Å². The van der Waals surface area contributed by atoms with Gasteiger partial charge in [-0.2, -0.15) is 0 Å². The third-order valence-corrected chi connectivity index (χ3v) is 4.81. The molecular weight excluding hydrogens is 284 g/mol. The Balaban J connectivity index is 1.78. The number of halogens is 1. The third kappa shape index (κ3) is 4.37. The molecule has 1 aromatic heterocycles. The van der Waals surface area contributed by atoms with Crippen molar-refractivity contribution in [2.45, 2.75) is 50.8 Å². The summed E-state index contributed by atoms with van der Waals surface area (Å²) in [4.78, 5) is 12.9. The van der Waals surface area contributed by atoms with Gasteiger partial charge < -0.3 is 15.7 Å². The zero-order chi connectivity index (χ0) is 13.8. The molecule has 1 aliphatic rings. The van der Waals surface area contributed by atoms with Crippen molar-refractivity contribution in [2.75, 3.05) is 0 Å². The first-order valence-electron chi connectivity index (χ1n) is 6.55. The molecule has 2 rings (SSSR count). The molecular formula is C13H19ClN2O2S. The summed E-state index contributed by atoms with van der Waals surface area (Å²) in [5, 5.41) is 15.3. The summed E-state index contributed by atoms with van der Waals surface area (Å²) >= 11 is 7.35. The van der Waals surface area contributed by atoms with Gasteiger partial charge in [-0.3, -0.25) is 0 Å². The molecule has 1 aromatic rings. The Labute approximate surface area is 122 Å². The molecule has 1 atom stereocenters. The van der Waals surface area contributed by atoms with Gasteiger partial charge in [0.05, 0.1) is 16.5 Å². The fourth-order valence-corrected chi connectivity index (χ4v) is 3.34. The minimum absolute atomic E-state index is 0.0494. The van der Waals surface area contributed by atoms with Crippen LogP contribution in [-0.4, -0.2) is 23.3 Å². The summed E-state index contributed by atoms with van der Waals surface area (Å²) in [5.41, 5.74) is 0. The monoisotopic (exact) mass is 302 g/mol. The number of carbonyl (C=O) groups is 1. The lowest BCUT2D eigenvalue weighted by molar-refractivity contribution is 0.117. The summed E-state index contributed by atoms with van der Waals surface area (Å²) in [7, 11) is 0. The molecule has 0 aromatic carbocycles. The predicted molar refractivity (Wildman–Crippen MR) is 77.7 cm³/mol. The molecule has 106 valence electrons. The minimum atomic E-state index is -0.201. The number of rotatable bonds is 3. The lowest BCUT2D eigenvalue weighted by Gasteiger charge is -2.26. The Kier molecular flexibility index (Phi) is 5.07. The first-order chi connectivity index (χ1) is 9.04. The van der Waals surface area contributed by atoms with Crippen molar-refractivity contribution in [3.05, 3.63) is 21.3 Å². The molecule has 0 aliphatic heterocycles. The van der Waals surface area contributed by atoms with E-state index in [1.165, 1.54) is 11.3 Å². The fourth-order valence-electron chi connectivity index (χ4n) is 2.28. The smallest absolute Gasteiger partial charge is 0.315 e.